The van der Waals surface area contributed by atoms with Crippen molar-refractivity contribution in [2.45, 2.75) is 32.6 Å². The monoisotopic (exact) mass is 482 g/mol. The van der Waals surface area contributed by atoms with Gasteiger partial charge in [-0.25, -0.2) is 4.79 Å². The summed E-state index contributed by atoms with van der Waals surface area (Å²) in [6.45, 7) is 5.04. The Kier molecular flexibility index (Phi) is 8.91. The summed E-state index contributed by atoms with van der Waals surface area (Å²) >= 11 is 0. The number of ether oxygens (including phenoxy) is 1. The van der Waals surface area contributed by atoms with Crippen LogP contribution >= 0.6 is 0 Å². The summed E-state index contributed by atoms with van der Waals surface area (Å²) in [5, 5.41) is 13.4. The predicted octanol–water partition coefficient (Wildman–Crippen LogP) is 3.64. The molecule has 1 aliphatic heterocycles. The van der Waals surface area contributed by atoms with Crippen molar-refractivity contribution in [1.29, 1.82) is 0 Å². The Labute approximate surface area is 204 Å². The predicted molar refractivity (Wildman–Crippen MR) is 130 cm³/mol. The summed E-state index contributed by atoms with van der Waals surface area (Å²) in [7, 11) is 1.51. The SMILES string of the molecule is CCN(CCCCCN1C(=O)c2ccc([N+](=O)[O-])cc2C1=O)CCc1cccc(OC(=O)NC)c1. The molecular weight excluding hydrogens is 452 g/mol. The lowest BCUT2D eigenvalue weighted by Crippen LogP contribution is -2.31. The molecule has 0 unspecified atom stereocenters. The van der Waals surface area contributed by atoms with Crippen LogP contribution in [0.25, 0.3) is 0 Å². The molecule has 0 saturated heterocycles. The summed E-state index contributed by atoms with van der Waals surface area (Å²) in [4.78, 5) is 50.4. The minimum atomic E-state index is -0.574. The van der Waals surface area contributed by atoms with Crippen LogP contribution in [0.2, 0.25) is 0 Å². The number of nitrogens with zero attached hydrogens (tertiary/aromatic N) is 3. The highest BCUT2D eigenvalue weighted by Crippen LogP contribution is 2.27. The molecule has 1 N–H and O–H groups in total. The van der Waals surface area contributed by atoms with E-state index in [0.717, 1.165) is 44.5 Å². The van der Waals surface area contributed by atoms with Crippen molar-refractivity contribution in [3.8, 4) is 5.75 Å². The molecule has 0 fully saturated rings. The van der Waals surface area contributed by atoms with Gasteiger partial charge in [-0.15, -0.1) is 0 Å². The molecule has 35 heavy (non-hydrogen) atoms. The second-order valence-corrected chi connectivity index (χ2v) is 8.28. The first kappa shape index (κ1) is 25.8. The lowest BCUT2D eigenvalue weighted by Gasteiger charge is -2.21. The van der Waals surface area contributed by atoms with Gasteiger partial charge in [0.05, 0.1) is 16.1 Å². The van der Waals surface area contributed by atoms with Crippen LogP contribution in [0.15, 0.2) is 42.5 Å². The number of hydrogen-bond acceptors (Lipinski definition) is 7. The standard InChI is InChI=1S/C25H30N4O6/c1-3-27(15-12-18-8-7-9-20(16-18)35-25(32)26-2)13-5-4-6-14-28-23(30)21-11-10-19(29(33)34)17-22(21)24(28)31/h7-11,16-17H,3-6,12-15H2,1-2H3,(H,26,32). The number of benzene rings is 2. The Hall–Kier alpha value is -3.79. The fraction of sp³-hybridized carbons (Fsp3) is 0.400. The third kappa shape index (κ3) is 6.63. The fourth-order valence-electron chi connectivity index (χ4n) is 4.02. The van der Waals surface area contributed by atoms with Gasteiger partial charge in [-0.2, -0.15) is 0 Å². The van der Waals surface area contributed by atoms with Gasteiger partial charge in [-0.3, -0.25) is 24.6 Å². The van der Waals surface area contributed by atoms with Crippen LogP contribution in [0, 0.1) is 10.1 Å². The highest BCUT2D eigenvalue weighted by atomic mass is 16.6. The van der Waals surface area contributed by atoms with Gasteiger partial charge in [0.15, 0.2) is 0 Å². The Bertz CT molecular complexity index is 1100. The third-order valence-electron chi connectivity index (χ3n) is 6.00. The molecule has 0 radical (unpaired) electrons. The number of carbonyl (C=O) groups is 3. The normalized spacial score (nSPS) is 12.7. The molecule has 186 valence electrons. The van der Waals surface area contributed by atoms with Gasteiger partial charge < -0.3 is 15.0 Å². The zero-order chi connectivity index (χ0) is 25.4. The van der Waals surface area contributed by atoms with E-state index in [1.165, 1.54) is 30.1 Å². The van der Waals surface area contributed by atoms with Crippen molar-refractivity contribution < 1.29 is 24.0 Å². The molecule has 3 rings (SSSR count). The van der Waals surface area contributed by atoms with E-state index in [1.54, 1.807) is 6.07 Å². The summed E-state index contributed by atoms with van der Waals surface area (Å²) in [6, 6.07) is 11.2. The van der Waals surface area contributed by atoms with Crippen LogP contribution in [-0.4, -0.2) is 65.9 Å². The topological polar surface area (TPSA) is 122 Å². The van der Waals surface area contributed by atoms with Crippen molar-refractivity contribution in [2.24, 2.45) is 0 Å². The Morgan fingerprint density at radius 2 is 1.83 bits per heavy atom. The minimum Gasteiger partial charge on any atom is -0.410 e. The lowest BCUT2D eigenvalue weighted by molar-refractivity contribution is -0.384. The molecule has 0 saturated carbocycles. The average molecular weight is 483 g/mol. The van der Waals surface area contributed by atoms with E-state index in [1.807, 2.05) is 18.2 Å². The number of nitrogens with one attached hydrogen (secondary N) is 1. The molecule has 0 atom stereocenters. The maximum atomic E-state index is 12.6. The van der Waals surface area contributed by atoms with Gasteiger partial charge in [0.1, 0.15) is 5.75 Å². The highest BCUT2D eigenvalue weighted by molar-refractivity contribution is 6.21. The van der Waals surface area contributed by atoms with Gasteiger partial charge in [0.2, 0.25) is 0 Å². The quantitative estimate of drug-likeness (QED) is 0.212. The van der Waals surface area contributed by atoms with Crippen LogP contribution in [0.4, 0.5) is 10.5 Å². The van der Waals surface area contributed by atoms with Gasteiger partial charge in [0.25, 0.3) is 17.5 Å². The third-order valence-corrected chi connectivity index (χ3v) is 6.00. The number of fused-ring (bicyclic) bond motifs is 1. The molecular formula is C25H30N4O6. The Balaban J connectivity index is 1.41. The van der Waals surface area contributed by atoms with E-state index in [9.17, 15) is 24.5 Å². The molecule has 2 aromatic rings. The maximum absolute atomic E-state index is 12.6. The van der Waals surface area contributed by atoms with Crippen molar-refractivity contribution in [2.75, 3.05) is 33.2 Å². The van der Waals surface area contributed by atoms with Gasteiger partial charge in [0, 0.05) is 32.3 Å². The number of rotatable bonds is 12. The molecule has 10 heteroatoms. The van der Waals surface area contributed by atoms with Crippen LogP contribution in [-0.2, 0) is 6.42 Å². The first-order valence-corrected chi connectivity index (χ1v) is 11.7. The van der Waals surface area contributed by atoms with E-state index in [0.29, 0.717) is 18.7 Å². The number of unbranched alkanes of at least 4 members (excludes halogenated alkanes) is 2. The number of likely N-dealkylation sites (N-methyl/N-ethyl adjacent to an activating group) is 1. The first-order chi connectivity index (χ1) is 16.8. The highest BCUT2D eigenvalue weighted by Gasteiger charge is 2.36. The van der Waals surface area contributed by atoms with E-state index < -0.39 is 22.8 Å². The van der Waals surface area contributed by atoms with Crippen LogP contribution in [0.3, 0.4) is 0 Å². The molecule has 1 aliphatic rings. The first-order valence-electron chi connectivity index (χ1n) is 11.7. The van der Waals surface area contributed by atoms with Crippen molar-refractivity contribution >= 4 is 23.6 Å². The number of nitro groups is 1. The van der Waals surface area contributed by atoms with Crippen molar-refractivity contribution in [1.82, 2.24) is 15.1 Å². The molecule has 0 spiro atoms. The number of imide groups is 1. The smallest absolute Gasteiger partial charge is 0.410 e. The van der Waals surface area contributed by atoms with E-state index in [4.69, 9.17) is 4.74 Å². The molecule has 0 bridgehead atoms. The van der Waals surface area contributed by atoms with Crippen LogP contribution in [0.1, 0.15) is 52.5 Å². The Morgan fingerprint density at radius 3 is 2.54 bits per heavy atom. The zero-order valence-electron chi connectivity index (χ0n) is 20.0. The van der Waals surface area contributed by atoms with E-state index in [-0.39, 0.29) is 16.8 Å². The van der Waals surface area contributed by atoms with Gasteiger partial charge >= 0.3 is 6.09 Å². The molecule has 1 heterocycles. The summed E-state index contributed by atoms with van der Waals surface area (Å²) < 4.78 is 5.18. The molecule has 0 aromatic heterocycles. The molecule has 0 aliphatic carbocycles. The Morgan fingerprint density at radius 1 is 1.06 bits per heavy atom. The maximum Gasteiger partial charge on any atom is 0.412 e. The number of nitro benzene ring substituents is 1. The van der Waals surface area contributed by atoms with E-state index in [2.05, 4.69) is 17.1 Å². The van der Waals surface area contributed by atoms with Crippen LogP contribution < -0.4 is 10.1 Å². The van der Waals surface area contributed by atoms with Gasteiger partial charge in [-0.1, -0.05) is 25.5 Å². The fourth-order valence-corrected chi connectivity index (χ4v) is 4.02. The number of carbonyl (C=O) groups excluding carboxylic acids is 3. The van der Waals surface area contributed by atoms with E-state index >= 15 is 0 Å². The van der Waals surface area contributed by atoms with Crippen molar-refractivity contribution in [3.63, 3.8) is 0 Å². The van der Waals surface area contributed by atoms with Crippen molar-refractivity contribution in [3.05, 3.63) is 69.3 Å². The summed E-state index contributed by atoms with van der Waals surface area (Å²) in [6.07, 6.45) is 2.76. The second-order valence-electron chi connectivity index (χ2n) is 8.28. The average Bonchev–Trinajstić information content (AvgIpc) is 3.09. The lowest BCUT2D eigenvalue weighted by atomic mass is 10.1. The van der Waals surface area contributed by atoms with Crippen LogP contribution in [0.5, 0.6) is 5.75 Å². The number of amides is 3. The molecule has 2 aromatic carbocycles. The summed E-state index contributed by atoms with van der Waals surface area (Å²) in [5.41, 5.74) is 1.21. The number of hydrogen-bond donors (Lipinski definition) is 1. The zero-order valence-corrected chi connectivity index (χ0v) is 20.0. The second kappa shape index (κ2) is 12.1. The number of non-ortho nitro benzene ring substituents is 1. The summed E-state index contributed by atoms with van der Waals surface area (Å²) in [5.74, 6) is -0.350. The largest absolute Gasteiger partial charge is 0.412 e. The molecule has 10 nitrogen and oxygen atoms in total. The van der Waals surface area contributed by atoms with Gasteiger partial charge in [-0.05, 0) is 56.1 Å². The molecule has 3 amide bonds. The minimum absolute atomic E-state index is 0.103.